The normalized spacial score (nSPS) is 19.0. The summed E-state index contributed by atoms with van der Waals surface area (Å²) in [7, 11) is 2.17. The molecular weight excluding hydrogens is 376 g/mol. The van der Waals surface area contributed by atoms with Gasteiger partial charge in [0.25, 0.3) is 5.91 Å². The van der Waals surface area contributed by atoms with E-state index in [4.69, 9.17) is 4.74 Å². The van der Waals surface area contributed by atoms with Crippen LogP contribution in [0.3, 0.4) is 0 Å². The molecule has 6 heteroatoms. The molecule has 0 atom stereocenters. The molecule has 1 amide bonds. The van der Waals surface area contributed by atoms with Crippen LogP contribution in [0.15, 0.2) is 48.5 Å². The van der Waals surface area contributed by atoms with Gasteiger partial charge in [-0.2, -0.15) is 0 Å². The fourth-order valence-corrected chi connectivity index (χ4v) is 4.04. The zero-order valence-corrected chi connectivity index (χ0v) is 17.8. The Balaban J connectivity index is 1.36. The highest BCUT2D eigenvalue weighted by Crippen LogP contribution is 2.16. The number of likely N-dealkylation sites (N-methyl/N-ethyl adjacent to an activating group) is 1. The molecule has 0 unspecified atom stereocenters. The van der Waals surface area contributed by atoms with Crippen LogP contribution in [0.2, 0.25) is 0 Å². The van der Waals surface area contributed by atoms with E-state index in [9.17, 15) is 4.79 Å². The summed E-state index contributed by atoms with van der Waals surface area (Å²) in [5, 5.41) is 3.07. The molecule has 0 saturated carbocycles. The number of hydrogen-bond donors (Lipinski definition) is 1. The van der Waals surface area contributed by atoms with Crippen molar-refractivity contribution >= 4 is 11.6 Å². The lowest BCUT2D eigenvalue weighted by molar-refractivity contribution is 0.0342. The summed E-state index contributed by atoms with van der Waals surface area (Å²) in [6.07, 6.45) is 0. The molecule has 2 aromatic carbocycles. The van der Waals surface area contributed by atoms with Crippen molar-refractivity contribution in [2.75, 3.05) is 64.8 Å². The minimum absolute atomic E-state index is 0.0597. The molecule has 6 nitrogen and oxygen atoms in total. The number of rotatable bonds is 6. The monoisotopic (exact) mass is 408 g/mol. The molecule has 0 aromatic heterocycles. The minimum Gasteiger partial charge on any atom is -0.379 e. The Labute approximate surface area is 179 Å². The van der Waals surface area contributed by atoms with Crippen LogP contribution in [0.5, 0.6) is 0 Å². The topological polar surface area (TPSA) is 48.0 Å². The first kappa shape index (κ1) is 21.0. The molecule has 2 aliphatic rings. The predicted octanol–water partition coefficient (Wildman–Crippen LogP) is 2.52. The number of nitrogens with one attached hydrogen (secondary N) is 1. The molecule has 2 aromatic rings. The Morgan fingerprint density at radius 1 is 0.867 bits per heavy atom. The Bertz CT molecular complexity index is 843. The smallest absolute Gasteiger partial charge is 0.255 e. The van der Waals surface area contributed by atoms with Gasteiger partial charge in [0.1, 0.15) is 0 Å². The van der Waals surface area contributed by atoms with Crippen LogP contribution in [0.1, 0.15) is 21.5 Å². The van der Waals surface area contributed by atoms with E-state index in [2.05, 4.69) is 45.3 Å². The number of ether oxygens (including phenoxy) is 1. The summed E-state index contributed by atoms with van der Waals surface area (Å²) < 4.78 is 5.42. The van der Waals surface area contributed by atoms with Crippen molar-refractivity contribution in [3.8, 4) is 0 Å². The van der Waals surface area contributed by atoms with Crippen LogP contribution in [0, 0.1) is 0 Å². The van der Waals surface area contributed by atoms with Gasteiger partial charge in [-0.25, -0.2) is 0 Å². The SMILES string of the molecule is CN1CCN(Cc2cccc(NC(=O)c3cccc(CN4CCOCC4)c3)c2)CC1. The van der Waals surface area contributed by atoms with Gasteiger partial charge in [-0.05, 0) is 42.4 Å². The zero-order chi connectivity index (χ0) is 20.8. The number of carbonyl (C=O) groups is 1. The first-order valence-corrected chi connectivity index (χ1v) is 10.9. The van der Waals surface area contributed by atoms with Crippen LogP contribution in [0.4, 0.5) is 5.69 Å². The lowest BCUT2D eigenvalue weighted by Crippen LogP contribution is -2.43. The molecule has 2 saturated heterocycles. The number of nitrogens with zero attached hydrogens (tertiary/aromatic N) is 3. The van der Waals surface area contributed by atoms with E-state index < -0.39 is 0 Å². The third-order valence-electron chi connectivity index (χ3n) is 5.89. The molecule has 2 heterocycles. The second-order valence-corrected chi connectivity index (χ2v) is 8.32. The largest absolute Gasteiger partial charge is 0.379 e. The maximum absolute atomic E-state index is 12.8. The van der Waals surface area contributed by atoms with E-state index >= 15 is 0 Å². The molecule has 0 bridgehead atoms. The van der Waals surface area contributed by atoms with Crippen molar-refractivity contribution in [3.05, 3.63) is 65.2 Å². The lowest BCUT2D eigenvalue weighted by Gasteiger charge is -2.32. The van der Waals surface area contributed by atoms with Crippen molar-refractivity contribution < 1.29 is 9.53 Å². The number of morpholine rings is 1. The fourth-order valence-electron chi connectivity index (χ4n) is 4.04. The summed E-state index contributed by atoms with van der Waals surface area (Å²) in [6, 6.07) is 16.1. The van der Waals surface area contributed by atoms with Gasteiger partial charge >= 0.3 is 0 Å². The molecule has 1 N–H and O–H groups in total. The van der Waals surface area contributed by atoms with Crippen LogP contribution < -0.4 is 5.32 Å². The molecule has 2 fully saturated rings. The molecule has 160 valence electrons. The number of hydrogen-bond acceptors (Lipinski definition) is 5. The maximum Gasteiger partial charge on any atom is 0.255 e. The van der Waals surface area contributed by atoms with Crippen molar-refractivity contribution in [1.29, 1.82) is 0 Å². The third-order valence-corrected chi connectivity index (χ3v) is 5.89. The molecule has 0 radical (unpaired) electrons. The van der Waals surface area contributed by atoms with Crippen LogP contribution in [0.25, 0.3) is 0 Å². The third kappa shape index (κ3) is 5.89. The highest BCUT2D eigenvalue weighted by molar-refractivity contribution is 6.04. The number of carbonyl (C=O) groups excluding carboxylic acids is 1. The number of anilines is 1. The molecule has 4 rings (SSSR count). The average Bonchev–Trinajstić information content (AvgIpc) is 2.77. The van der Waals surface area contributed by atoms with Gasteiger partial charge in [0.05, 0.1) is 13.2 Å². The second kappa shape index (κ2) is 10.2. The summed E-state index contributed by atoms with van der Waals surface area (Å²) >= 11 is 0. The van der Waals surface area contributed by atoms with Gasteiger partial charge in [-0.3, -0.25) is 14.6 Å². The summed E-state index contributed by atoms with van der Waals surface area (Å²) in [6.45, 7) is 9.61. The maximum atomic E-state index is 12.8. The van der Waals surface area contributed by atoms with E-state index in [1.165, 1.54) is 5.56 Å². The van der Waals surface area contributed by atoms with Crippen molar-refractivity contribution in [3.63, 3.8) is 0 Å². The standard InChI is InChI=1S/C24H32N4O2/c1-26-8-10-27(11-9-26)19-21-5-3-7-23(17-21)25-24(29)22-6-2-4-20(16-22)18-28-12-14-30-15-13-28/h2-7,16-17H,8-15,18-19H2,1H3,(H,25,29). The average molecular weight is 409 g/mol. The van der Waals surface area contributed by atoms with E-state index in [0.717, 1.165) is 76.8 Å². The van der Waals surface area contributed by atoms with Crippen LogP contribution in [-0.4, -0.2) is 80.1 Å². The van der Waals surface area contributed by atoms with E-state index in [0.29, 0.717) is 5.56 Å². The van der Waals surface area contributed by atoms with E-state index in [1.807, 2.05) is 30.3 Å². The number of piperazine rings is 1. The van der Waals surface area contributed by atoms with Crippen LogP contribution in [-0.2, 0) is 17.8 Å². The molecular formula is C24H32N4O2. The van der Waals surface area contributed by atoms with Crippen molar-refractivity contribution in [2.45, 2.75) is 13.1 Å². The molecule has 2 aliphatic heterocycles. The van der Waals surface area contributed by atoms with Gasteiger partial charge in [0, 0.05) is 63.6 Å². The Morgan fingerprint density at radius 2 is 1.50 bits per heavy atom. The highest BCUT2D eigenvalue weighted by atomic mass is 16.5. The first-order chi connectivity index (χ1) is 14.7. The van der Waals surface area contributed by atoms with Gasteiger partial charge in [0.2, 0.25) is 0 Å². The Kier molecular flexibility index (Phi) is 7.12. The highest BCUT2D eigenvalue weighted by Gasteiger charge is 2.15. The van der Waals surface area contributed by atoms with E-state index in [1.54, 1.807) is 0 Å². The minimum atomic E-state index is -0.0597. The van der Waals surface area contributed by atoms with E-state index in [-0.39, 0.29) is 5.91 Å². The summed E-state index contributed by atoms with van der Waals surface area (Å²) in [4.78, 5) is 20.0. The van der Waals surface area contributed by atoms with Gasteiger partial charge in [-0.15, -0.1) is 0 Å². The Hall–Kier alpha value is -2.25. The van der Waals surface area contributed by atoms with Crippen molar-refractivity contribution in [1.82, 2.24) is 14.7 Å². The quantitative estimate of drug-likeness (QED) is 0.796. The van der Waals surface area contributed by atoms with Gasteiger partial charge < -0.3 is 15.0 Å². The Morgan fingerprint density at radius 3 is 2.23 bits per heavy atom. The number of amides is 1. The molecule has 0 spiro atoms. The summed E-state index contributed by atoms with van der Waals surface area (Å²) in [5.74, 6) is -0.0597. The zero-order valence-electron chi connectivity index (χ0n) is 17.8. The summed E-state index contributed by atoms with van der Waals surface area (Å²) in [5.41, 5.74) is 3.95. The lowest BCUT2D eigenvalue weighted by atomic mass is 10.1. The first-order valence-electron chi connectivity index (χ1n) is 10.9. The predicted molar refractivity (Wildman–Crippen MR) is 120 cm³/mol. The molecule has 30 heavy (non-hydrogen) atoms. The van der Waals surface area contributed by atoms with Gasteiger partial charge in [0.15, 0.2) is 0 Å². The second-order valence-electron chi connectivity index (χ2n) is 8.32. The number of benzene rings is 2. The fraction of sp³-hybridized carbons (Fsp3) is 0.458. The van der Waals surface area contributed by atoms with Gasteiger partial charge in [-0.1, -0.05) is 24.3 Å². The molecule has 0 aliphatic carbocycles. The van der Waals surface area contributed by atoms with Crippen molar-refractivity contribution in [2.24, 2.45) is 0 Å². The van der Waals surface area contributed by atoms with Crippen LogP contribution >= 0.6 is 0 Å².